The first-order valence-electron chi connectivity index (χ1n) is 13.7. The SMILES string of the molecule is CCn1c(C(=O)N(C2CC2)C2CC2)cc2c3c(ncn3C)c(Nc3nc(C)c(C(=O)N4CC[C@H](O)C4)s3)nc21. The fourth-order valence-electron chi connectivity index (χ4n) is 5.78. The van der Waals surface area contributed by atoms with E-state index in [9.17, 15) is 14.7 Å². The molecule has 0 bridgehead atoms. The number of hydrogen-bond acceptors (Lipinski definition) is 8. The van der Waals surface area contributed by atoms with Crippen molar-refractivity contribution in [3.05, 3.63) is 28.7 Å². The molecule has 3 aliphatic rings. The van der Waals surface area contributed by atoms with Gasteiger partial charge >= 0.3 is 0 Å². The summed E-state index contributed by atoms with van der Waals surface area (Å²) in [6, 6.07) is 2.71. The number of amides is 2. The number of anilines is 2. The van der Waals surface area contributed by atoms with Gasteiger partial charge in [-0.2, -0.15) is 0 Å². The van der Waals surface area contributed by atoms with E-state index in [2.05, 4.69) is 20.2 Å². The molecule has 2 N–H and O–H groups in total. The third-order valence-corrected chi connectivity index (χ3v) is 9.08. The van der Waals surface area contributed by atoms with Crippen LogP contribution in [0.25, 0.3) is 22.1 Å². The average molecular weight is 549 g/mol. The van der Waals surface area contributed by atoms with Crippen molar-refractivity contribution in [2.24, 2.45) is 7.05 Å². The Balaban J connectivity index is 1.28. The number of imidazole rings is 1. The summed E-state index contributed by atoms with van der Waals surface area (Å²) in [5.74, 6) is 0.519. The highest BCUT2D eigenvalue weighted by molar-refractivity contribution is 7.17. The molecule has 0 radical (unpaired) electrons. The summed E-state index contributed by atoms with van der Waals surface area (Å²) in [5.41, 5.74) is 3.61. The molecular formula is C27H32N8O3S. The van der Waals surface area contributed by atoms with E-state index < -0.39 is 6.10 Å². The van der Waals surface area contributed by atoms with Gasteiger partial charge in [0.05, 0.1) is 23.6 Å². The number of aliphatic hydroxyl groups is 1. The molecule has 1 atom stereocenters. The summed E-state index contributed by atoms with van der Waals surface area (Å²) < 4.78 is 3.97. The smallest absolute Gasteiger partial charge is 0.271 e. The molecule has 0 spiro atoms. The third-order valence-electron chi connectivity index (χ3n) is 8.02. The minimum atomic E-state index is -0.472. The number of rotatable bonds is 7. The quantitative estimate of drug-likeness (QED) is 0.363. The number of carbonyl (C=O) groups excluding carboxylic acids is 2. The van der Waals surface area contributed by atoms with E-state index in [1.165, 1.54) is 11.3 Å². The van der Waals surface area contributed by atoms with Gasteiger partial charge in [-0.3, -0.25) is 9.59 Å². The van der Waals surface area contributed by atoms with E-state index in [-0.39, 0.29) is 11.8 Å². The number of aryl methyl sites for hydroxylation is 3. The molecule has 5 heterocycles. The number of carbonyl (C=O) groups is 2. The summed E-state index contributed by atoms with van der Waals surface area (Å²) in [5, 5.41) is 14.6. The lowest BCUT2D eigenvalue weighted by atomic mass is 10.2. The first-order chi connectivity index (χ1) is 18.8. The first kappa shape index (κ1) is 24.5. The zero-order valence-electron chi connectivity index (χ0n) is 22.3. The maximum Gasteiger partial charge on any atom is 0.271 e. The van der Waals surface area contributed by atoms with Crippen LogP contribution < -0.4 is 5.32 Å². The van der Waals surface area contributed by atoms with Crippen LogP contribution in [-0.2, 0) is 13.6 Å². The second-order valence-electron chi connectivity index (χ2n) is 11.0. The van der Waals surface area contributed by atoms with Crippen molar-refractivity contribution in [1.82, 2.24) is 33.9 Å². The highest BCUT2D eigenvalue weighted by Crippen LogP contribution is 2.40. The average Bonchev–Trinajstić information content (AvgIpc) is 3.77. The Morgan fingerprint density at radius 1 is 1.18 bits per heavy atom. The number of nitrogens with zero attached hydrogens (tertiary/aromatic N) is 7. The molecule has 0 aromatic carbocycles. The third kappa shape index (κ3) is 4.08. The maximum atomic E-state index is 13.8. The molecule has 4 aromatic rings. The van der Waals surface area contributed by atoms with Crippen LogP contribution in [0.15, 0.2) is 12.4 Å². The number of β-amino-alcohol motifs (C(OH)–C–C–N with tert-alkyl or cyclic N) is 1. The predicted octanol–water partition coefficient (Wildman–Crippen LogP) is 3.43. The molecule has 1 aliphatic heterocycles. The fourth-order valence-corrected chi connectivity index (χ4v) is 6.72. The van der Waals surface area contributed by atoms with Crippen LogP contribution in [-0.4, -0.2) is 82.1 Å². The molecule has 204 valence electrons. The lowest BCUT2D eigenvalue weighted by Crippen LogP contribution is -2.36. The normalized spacial score (nSPS) is 19.4. The number of likely N-dealkylation sites (tertiary alicyclic amines) is 1. The van der Waals surface area contributed by atoms with E-state index in [1.54, 1.807) is 11.2 Å². The largest absolute Gasteiger partial charge is 0.391 e. The van der Waals surface area contributed by atoms with Crippen LogP contribution in [0.4, 0.5) is 10.9 Å². The summed E-state index contributed by atoms with van der Waals surface area (Å²) in [7, 11) is 1.94. The van der Waals surface area contributed by atoms with Crippen LogP contribution in [0.3, 0.4) is 0 Å². The second kappa shape index (κ2) is 9.02. The van der Waals surface area contributed by atoms with Crippen LogP contribution in [0.2, 0.25) is 0 Å². The molecule has 7 rings (SSSR count). The molecule has 0 unspecified atom stereocenters. The Kier molecular flexibility index (Phi) is 5.67. The van der Waals surface area contributed by atoms with Crippen molar-refractivity contribution in [3.63, 3.8) is 0 Å². The minimum Gasteiger partial charge on any atom is -0.391 e. The van der Waals surface area contributed by atoms with Gasteiger partial charge in [-0.15, -0.1) is 0 Å². The van der Waals surface area contributed by atoms with Crippen molar-refractivity contribution >= 4 is 56.2 Å². The number of hydrogen-bond donors (Lipinski definition) is 2. The standard InChI is InChI=1S/C27H32N8O3S/c1-4-34-19(25(37)35(15-5-6-15)16-7-8-16)11-18-21-20(28-13-32(21)3)23(30-24(18)34)31-27-29-14(2)22(39-27)26(38)33-10-9-17(36)12-33/h11,13,15-17,36H,4-10,12H2,1-3H3,(H,29,30,31)/t17-/m0/s1. The monoisotopic (exact) mass is 548 g/mol. The van der Waals surface area contributed by atoms with E-state index in [4.69, 9.17) is 4.98 Å². The van der Waals surface area contributed by atoms with Crippen LogP contribution in [0.1, 0.15) is 64.9 Å². The lowest BCUT2D eigenvalue weighted by Gasteiger charge is -2.22. The van der Waals surface area contributed by atoms with E-state index in [0.29, 0.717) is 70.9 Å². The zero-order chi connectivity index (χ0) is 27.0. The fraction of sp³-hybridized carbons (Fsp3) is 0.519. The molecule has 4 aromatic heterocycles. The number of aliphatic hydroxyl groups excluding tert-OH is 1. The Hall–Kier alpha value is -3.51. The highest BCUT2D eigenvalue weighted by Gasteiger charge is 2.43. The van der Waals surface area contributed by atoms with Gasteiger partial charge in [0.1, 0.15) is 21.7 Å². The molecule has 1 saturated heterocycles. The zero-order valence-corrected chi connectivity index (χ0v) is 23.2. The van der Waals surface area contributed by atoms with Gasteiger partial charge in [-0.25, -0.2) is 15.0 Å². The highest BCUT2D eigenvalue weighted by atomic mass is 32.1. The number of thiazole rings is 1. The van der Waals surface area contributed by atoms with Crippen LogP contribution in [0, 0.1) is 6.92 Å². The Morgan fingerprint density at radius 2 is 1.92 bits per heavy atom. The molecule has 2 aliphatic carbocycles. The molecule has 39 heavy (non-hydrogen) atoms. The van der Waals surface area contributed by atoms with Crippen molar-refractivity contribution < 1.29 is 14.7 Å². The summed E-state index contributed by atoms with van der Waals surface area (Å²) in [6.07, 6.45) is 6.22. The lowest BCUT2D eigenvalue weighted by molar-refractivity contribution is 0.0718. The van der Waals surface area contributed by atoms with Crippen molar-refractivity contribution in [2.75, 3.05) is 18.4 Å². The maximum absolute atomic E-state index is 13.8. The summed E-state index contributed by atoms with van der Waals surface area (Å²) >= 11 is 1.28. The van der Waals surface area contributed by atoms with Gasteiger partial charge in [-0.05, 0) is 52.0 Å². The van der Waals surface area contributed by atoms with Crippen molar-refractivity contribution in [2.45, 2.75) is 70.7 Å². The topological polar surface area (TPSA) is 121 Å². The van der Waals surface area contributed by atoms with E-state index in [0.717, 1.165) is 42.2 Å². The van der Waals surface area contributed by atoms with Gasteiger partial charge in [-0.1, -0.05) is 11.3 Å². The Bertz CT molecular complexity index is 1620. The summed E-state index contributed by atoms with van der Waals surface area (Å²) in [4.78, 5) is 45.4. The predicted molar refractivity (Wildman–Crippen MR) is 149 cm³/mol. The van der Waals surface area contributed by atoms with E-state index in [1.807, 2.05) is 36.1 Å². The first-order valence-corrected chi connectivity index (χ1v) is 14.5. The van der Waals surface area contributed by atoms with Gasteiger partial charge in [0, 0.05) is 44.2 Å². The van der Waals surface area contributed by atoms with Gasteiger partial charge in [0.2, 0.25) is 0 Å². The number of fused-ring (bicyclic) bond motifs is 3. The van der Waals surface area contributed by atoms with Crippen LogP contribution >= 0.6 is 11.3 Å². The van der Waals surface area contributed by atoms with Gasteiger partial charge in [0.15, 0.2) is 10.9 Å². The van der Waals surface area contributed by atoms with Gasteiger partial charge in [0.25, 0.3) is 11.8 Å². The Morgan fingerprint density at radius 3 is 2.56 bits per heavy atom. The van der Waals surface area contributed by atoms with Gasteiger partial charge < -0.3 is 29.4 Å². The number of nitrogens with one attached hydrogen (secondary N) is 1. The number of pyridine rings is 1. The molecule has 2 saturated carbocycles. The Labute approximate surface area is 229 Å². The van der Waals surface area contributed by atoms with Crippen molar-refractivity contribution in [3.8, 4) is 0 Å². The second-order valence-corrected chi connectivity index (χ2v) is 12.0. The number of aromatic nitrogens is 5. The van der Waals surface area contributed by atoms with E-state index >= 15 is 0 Å². The molecule has 2 amide bonds. The van der Waals surface area contributed by atoms with Crippen LogP contribution in [0.5, 0.6) is 0 Å². The molecule has 12 heteroatoms. The molecule has 3 fully saturated rings. The molecular weight excluding hydrogens is 516 g/mol. The summed E-state index contributed by atoms with van der Waals surface area (Å²) in [6.45, 7) is 5.36. The molecule has 11 nitrogen and oxygen atoms in total. The van der Waals surface area contributed by atoms with Crippen molar-refractivity contribution in [1.29, 1.82) is 0 Å². The minimum absolute atomic E-state index is 0.0930.